The van der Waals surface area contributed by atoms with E-state index in [4.69, 9.17) is 14.1 Å². The van der Waals surface area contributed by atoms with E-state index in [1.807, 2.05) is 0 Å². The average Bonchev–Trinajstić information content (AvgIpc) is 2.32. The maximum absolute atomic E-state index is 5.60. The van der Waals surface area contributed by atoms with Gasteiger partial charge in [-0.3, -0.25) is 0 Å². The molecule has 0 bridgehead atoms. The first-order valence-corrected chi connectivity index (χ1v) is 7.58. The Kier molecular flexibility index (Phi) is 3.25. The largest absolute Gasteiger partial charge is 0.354 e. The van der Waals surface area contributed by atoms with Crippen LogP contribution in [0.3, 0.4) is 0 Å². The van der Waals surface area contributed by atoms with Gasteiger partial charge >= 0.3 is 0 Å². The smallest absolute Gasteiger partial charge is 0.215 e. The van der Waals surface area contributed by atoms with Gasteiger partial charge in [-0.2, -0.15) is 0 Å². The Hall–Kier alpha value is 0.0569. The summed E-state index contributed by atoms with van der Waals surface area (Å²) in [6.45, 7) is 7.16. The highest BCUT2D eigenvalue weighted by Gasteiger charge is 2.28. The van der Waals surface area contributed by atoms with E-state index in [0.717, 1.165) is 13.0 Å². The van der Waals surface area contributed by atoms with Gasteiger partial charge in [0.05, 0.1) is 6.54 Å². The van der Waals surface area contributed by atoms with Crippen LogP contribution in [0.15, 0.2) is 0 Å². The summed E-state index contributed by atoms with van der Waals surface area (Å²) in [7, 11) is 0.122. The molecule has 1 atom stereocenters. The van der Waals surface area contributed by atoms with Gasteiger partial charge in [-0.1, -0.05) is 5.23 Å². The molecule has 0 aliphatic carbocycles. The van der Waals surface area contributed by atoms with E-state index in [0.29, 0.717) is 0 Å². The van der Waals surface area contributed by atoms with Crippen LogP contribution >= 0.6 is 0 Å². The molecular weight excluding hydrogens is 174 g/mol. The standard InChI is InChI=1S/C7H17NO3Si/c1-9-7-5-6-8(10-7)11-12(2,3)4/h7H,5-6H2,1-4H3. The zero-order chi connectivity index (χ0) is 9.19. The molecule has 1 aliphatic rings. The number of hydroxylamine groups is 2. The highest BCUT2D eigenvalue weighted by molar-refractivity contribution is 6.69. The maximum Gasteiger partial charge on any atom is 0.215 e. The van der Waals surface area contributed by atoms with Crippen molar-refractivity contribution in [3.63, 3.8) is 0 Å². The molecule has 0 spiro atoms. The zero-order valence-electron chi connectivity index (χ0n) is 8.16. The number of hydrogen-bond acceptors (Lipinski definition) is 4. The Morgan fingerprint density at radius 2 is 2.08 bits per heavy atom. The lowest BCUT2D eigenvalue weighted by atomic mass is 10.4. The number of ether oxygens (including phenoxy) is 1. The van der Waals surface area contributed by atoms with Gasteiger partial charge in [0.15, 0.2) is 6.29 Å². The zero-order valence-corrected chi connectivity index (χ0v) is 9.16. The summed E-state index contributed by atoms with van der Waals surface area (Å²) < 4.78 is 10.6. The summed E-state index contributed by atoms with van der Waals surface area (Å²) >= 11 is 0. The molecule has 1 aliphatic heterocycles. The minimum atomic E-state index is -1.52. The van der Waals surface area contributed by atoms with E-state index in [2.05, 4.69) is 19.6 Å². The van der Waals surface area contributed by atoms with Gasteiger partial charge in [-0.05, 0) is 19.6 Å². The monoisotopic (exact) mass is 191 g/mol. The highest BCUT2D eigenvalue weighted by atomic mass is 28.4. The predicted octanol–water partition coefficient (Wildman–Crippen LogP) is 1.36. The molecule has 1 rings (SSSR count). The molecular formula is C7H17NO3Si. The van der Waals surface area contributed by atoms with Crippen LogP contribution in [0.25, 0.3) is 0 Å². The van der Waals surface area contributed by atoms with Gasteiger partial charge in [0.25, 0.3) is 0 Å². The Morgan fingerprint density at radius 3 is 2.50 bits per heavy atom. The van der Waals surface area contributed by atoms with Gasteiger partial charge in [-0.25, -0.2) is 4.84 Å². The van der Waals surface area contributed by atoms with E-state index in [-0.39, 0.29) is 6.29 Å². The van der Waals surface area contributed by atoms with Gasteiger partial charge in [0, 0.05) is 13.5 Å². The fourth-order valence-electron chi connectivity index (χ4n) is 0.981. The van der Waals surface area contributed by atoms with E-state index in [1.165, 1.54) is 0 Å². The van der Waals surface area contributed by atoms with Crippen LogP contribution in [0.1, 0.15) is 6.42 Å². The lowest BCUT2D eigenvalue weighted by Crippen LogP contribution is -2.35. The Labute approximate surface area is 74.4 Å². The first-order valence-electron chi connectivity index (χ1n) is 4.17. The third kappa shape index (κ3) is 3.20. The maximum atomic E-state index is 5.60. The molecule has 0 radical (unpaired) electrons. The Balaban J connectivity index is 2.28. The molecule has 1 heterocycles. The van der Waals surface area contributed by atoms with Crippen LogP contribution in [0, 0.1) is 0 Å². The average molecular weight is 191 g/mol. The van der Waals surface area contributed by atoms with Crippen molar-refractivity contribution < 1.29 is 14.1 Å². The Bertz CT molecular complexity index is 148. The van der Waals surface area contributed by atoms with Gasteiger partial charge < -0.3 is 9.26 Å². The molecule has 0 aromatic rings. The quantitative estimate of drug-likeness (QED) is 0.630. The van der Waals surface area contributed by atoms with E-state index < -0.39 is 8.32 Å². The second kappa shape index (κ2) is 3.84. The second-order valence-corrected chi connectivity index (χ2v) is 8.23. The van der Waals surface area contributed by atoms with Crippen molar-refractivity contribution >= 4 is 8.32 Å². The first-order chi connectivity index (χ1) is 5.51. The number of hydrogen-bond donors (Lipinski definition) is 0. The van der Waals surface area contributed by atoms with Crippen molar-refractivity contribution in [3.8, 4) is 0 Å². The third-order valence-electron chi connectivity index (χ3n) is 1.42. The molecule has 72 valence electrons. The predicted molar refractivity (Wildman–Crippen MR) is 47.6 cm³/mol. The molecule has 12 heavy (non-hydrogen) atoms. The first kappa shape index (κ1) is 10.1. The van der Waals surface area contributed by atoms with E-state index in [9.17, 15) is 0 Å². The SMILES string of the molecule is COC1CCN(O[Si](C)(C)C)O1. The molecule has 0 N–H and O–H groups in total. The van der Waals surface area contributed by atoms with Gasteiger partial charge in [-0.15, -0.1) is 0 Å². The fraction of sp³-hybridized carbons (Fsp3) is 1.00. The van der Waals surface area contributed by atoms with Crippen molar-refractivity contribution in [3.05, 3.63) is 0 Å². The van der Waals surface area contributed by atoms with Crippen LogP contribution < -0.4 is 0 Å². The van der Waals surface area contributed by atoms with Crippen LogP contribution in [0.4, 0.5) is 0 Å². The number of methoxy groups -OCH3 is 1. The lowest BCUT2D eigenvalue weighted by Gasteiger charge is -2.23. The summed E-state index contributed by atoms with van der Waals surface area (Å²) in [5, 5.41) is 1.56. The molecule has 1 saturated heterocycles. The second-order valence-electron chi connectivity index (χ2n) is 3.82. The van der Waals surface area contributed by atoms with E-state index in [1.54, 1.807) is 12.3 Å². The summed E-state index contributed by atoms with van der Waals surface area (Å²) in [4.78, 5) is 5.31. The van der Waals surface area contributed by atoms with Crippen LogP contribution in [0.5, 0.6) is 0 Å². The summed E-state index contributed by atoms with van der Waals surface area (Å²) in [6, 6.07) is 0. The van der Waals surface area contributed by atoms with Gasteiger partial charge in [0.2, 0.25) is 8.32 Å². The molecule has 1 unspecified atom stereocenters. The molecule has 0 aromatic carbocycles. The van der Waals surface area contributed by atoms with Gasteiger partial charge in [0.1, 0.15) is 0 Å². The third-order valence-corrected chi connectivity index (χ3v) is 2.17. The number of rotatable bonds is 3. The van der Waals surface area contributed by atoms with Crippen LogP contribution in [0.2, 0.25) is 19.6 Å². The number of nitrogens with zero attached hydrogens (tertiary/aromatic N) is 1. The van der Waals surface area contributed by atoms with Crippen LogP contribution in [-0.4, -0.2) is 33.5 Å². The van der Waals surface area contributed by atoms with E-state index >= 15 is 0 Å². The molecule has 0 saturated carbocycles. The summed E-state index contributed by atoms with van der Waals surface area (Å²) in [5.41, 5.74) is 0. The van der Waals surface area contributed by atoms with Crippen molar-refractivity contribution in [2.24, 2.45) is 0 Å². The normalized spacial score (nSPS) is 26.5. The summed E-state index contributed by atoms with van der Waals surface area (Å²) in [6.07, 6.45) is 0.752. The highest BCUT2D eigenvalue weighted by Crippen LogP contribution is 2.17. The van der Waals surface area contributed by atoms with Crippen molar-refractivity contribution in [1.82, 2.24) is 5.23 Å². The van der Waals surface area contributed by atoms with Crippen molar-refractivity contribution in [2.75, 3.05) is 13.7 Å². The molecule has 4 nitrogen and oxygen atoms in total. The topological polar surface area (TPSA) is 30.9 Å². The van der Waals surface area contributed by atoms with Crippen molar-refractivity contribution in [2.45, 2.75) is 32.4 Å². The molecule has 0 aromatic heterocycles. The fourth-order valence-corrected chi connectivity index (χ4v) is 1.73. The minimum Gasteiger partial charge on any atom is -0.354 e. The minimum absolute atomic E-state index is 0.124. The lowest BCUT2D eigenvalue weighted by molar-refractivity contribution is -0.342. The Morgan fingerprint density at radius 1 is 1.42 bits per heavy atom. The summed E-state index contributed by atoms with van der Waals surface area (Å²) in [5.74, 6) is 0. The molecule has 5 heteroatoms. The van der Waals surface area contributed by atoms with Crippen LogP contribution in [-0.2, 0) is 14.1 Å². The molecule has 1 fully saturated rings. The molecule has 0 amide bonds. The van der Waals surface area contributed by atoms with Crippen molar-refractivity contribution in [1.29, 1.82) is 0 Å².